The molecule has 0 radical (unpaired) electrons. The molecule has 1 saturated heterocycles. The van der Waals surface area contributed by atoms with Crippen molar-refractivity contribution >= 4 is 21.6 Å². The molecule has 0 unspecified atom stereocenters. The van der Waals surface area contributed by atoms with Crippen LogP contribution in [-0.2, 0) is 10.0 Å². The first-order valence-electron chi connectivity index (χ1n) is 5.12. The van der Waals surface area contributed by atoms with Crippen molar-refractivity contribution in [1.82, 2.24) is 4.31 Å². The van der Waals surface area contributed by atoms with Crippen molar-refractivity contribution in [1.29, 1.82) is 0 Å². The molecule has 0 amide bonds. The van der Waals surface area contributed by atoms with Crippen molar-refractivity contribution in [3.63, 3.8) is 0 Å². The van der Waals surface area contributed by atoms with Gasteiger partial charge in [-0.15, -0.1) is 0 Å². The number of nitrogens with zero attached hydrogens (tertiary/aromatic N) is 1. The summed E-state index contributed by atoms with van der Waals surface area (Å²) in [5.41, 5.74) is 5.65. The highest BCUT2D eigenvalue weighted by Crippen LogP contribution is 2.27. The molecule has 17 heavy (non-hydrogen) atoms. The minimum absolute atomic E-state index is 0.0203. The van der Waals surface area contributed by atoms with Crippen molar-refractivity contribution in [2.75, 3.05) is 13.1 Å². The summed E-state index contributed by atoms with van der Waals surface area (Å²) < 4.78 is 38.7. The van der Waals surface area contributed by atoms with Crippen LogP contribution in [0.4, 0.5) is 4.39 Å². The van der Waals surface area contributed by atoms with E-state index in [1.54, 1.807) is 0 Å². The molecule has 7 heteroatoms. The SMILES string of the molecule is N[C@@H]1CCN(S(=O)(=O)c2cc(F)ccc2Cl)C1. The quantitative estimate of drug-likeness (QED) is 0.884. The Hall–Kier alpha value is -0.690. The van der Waals surface area contributed by atoms with E-state index in [2.05, 4.69) is 0 Å². The maximum Gasteiger partial charge on any atom is 0.244 e. The summed E-state index contributed by atoms with van der Waals surface area (Å²) in [6.45, 7) is 0.589. The van der Waals surface area contributed by atoms with Crippen LogP contribution < -0.4 is 5.73 Å². The molecule has 0 aliphatic carbocycles. The minimum Gasteiger partial charge on any atom is -0.326 e. The Morgan fingerprint density at radius 2 is 2.18 bits per heavy atom. The Kier molecular flexibility index (Phi) is 3.40. The van der Waals surface area contributed by atoms with Crippen LogP contribution in [0.25, 0.3) is 0 Å². The maximum atomic E-state index is 13.1. The molecular formula is C10H12ClFN2O2S. The van der Waals surface area contributed by atoms with E-state index in [1.807, 2.05) is 0 Å². The minimum atomic E-state index is -3.74. The topological polar surface area (TPSA) is 63.4 Å². The first-order valence-corrected chi connectivity index (χ1v) is 6.94. The van der Waals surface area contributed by atoms with Gasteiger partial charge in [-0.05, 0) is 24.6 Å². The lowest BCUT2D eigenvalue weighted by Crippen LogP contribution is -2.32. The van der Waals surface area contributed by atoms with Crippen molar-refractivity contribution < 1.29 is 12.8 Å². The summed E-state index contributed by atoms with van der Waals surface area (Å²) in [6, 6.07) is 3.12. The van der Waals surface area contributed by atoms with E-state index in [0.717, 1.165) is 12.1 Å². The molecule has 0 bridgehead atoms. The molecule has 0 aromatic heterocycles. The molecule has 2 N–H and O–H groups in total. The van der Waals surface area contributed by atoms with Gasteiger partial charge in [0.25, 0.3) is 0 Å². The van der Waals surface area contributed by atoms with Crippen LogP contribution in [0, 0.1) is 5.82 Å². The van der Waals surface area contributed by atoms with Gasteiger partial charge in [-0.25, -0.2) is 12.8 Å². The number of sulfonamides is 1. The lowest BCUT2D eigenvalue weighted by molar-refractivity contribution is 0.471. The molecule has 1 heterocycles. The van der Waals surface area contributed by atoms with E-state index in [-0.39, 0.29) is 22.5 Å². The van der Waals surface area contributed by atoms with E-state index in [4.69, 9.17) is 17.3 Å². The third-order valence-corrected chi connectivity index (χ3v) is 5.05. The van der Waals surface area contributed by atoms with Gasteiger partial charge in [-0.2, -0.15) is 4.31 Å². The van der Waals surface area contributed by atoms with Crippen LogP contribution >= 0.6 is 11.6 Å². The van der Waals surface area contributed by atoms with E-state index < -0.39 is 15.8 Å². The Labute approximate surface area is 104 Å². The standard InChI is InChI=1S/C10H12ClFN2O2S/c11-9-2-1-7(12)5-10(9)17(15,16)14-4-3-8(13)6-14/h1-2,5,8H,3-4,6,13H2/t8-/m1/s1. The summed E-state index contributed by atoms with van der Waals surface area (Å²) in [6.07, 6.45) is 0.603. The van der Waals surface area contributed by atoms with E-state index in [0.29, 0.717) is 13.0 Å². The number of nitrogens with two attached hydrogens (primary N) is 1. The Morgan fingerprint density at radius 3 is 2.76 bits per heavy atom. The highest BCUT2D eigenvalue weighted by molar-refractivity contribution is 7.89. The average Bonchev–Trinajstić information content (AvgIpc) is 2.69. The summed E-state index contributed by atoms with van der Waals surface area (Å²) in [5, 5.41) is 0.0203. The molecule has 94 valence electrons. The molecule has 0 spiro atoms. The zero-order valence-electron chi connectivity index (χ0n) is 8.94. The van der Waals surface area contributed by atoms with Gasteiger partial charge in [-0.3, -0.25) is 0 Å². The third kappa shape index (κ3) is 2.44. The highest BCUT2D eigenvalue weighted by atomic mass is 35.5. The number of benzene rings is 1. The first-order chi connectivity index (χ1) is 7.91. The van der Waals surface area contributed by atoms with Gasteiger partial charge in [0.15, 0.2) is 0 Å². The fourth-order valence-electron chi connectivity index (χ4n) is 1.79. The summed E-state index contributed by atoms with van der Waals surface area (Å²) >= 11 is 5.79. The predicted octanol–water partition coefficient (Wildman–Crippen LogP) is 1.20. The van der Waals surface area contributed by atoms with Crippen molar-refractivity contribution in [3.05, 3.63) is 29.0 Å². The number of hydrogen-bond acceptors (Lipinski definition) is 3. The summed E-state index contributed by atoms with van der Waals surface area (Å²) in [7, 11) is -3.74. The largest absolute Gasteiger partial charge is 0.326 e. The predicted molar refractivity (Wildman–Crippen MR) is 62.8 cm³/mol. The molecule has 0 saturated carbocycles. The van der Waals surface area contributed by atoms with E-state index in [9.17, 15) is 12.8 Å². The molecular weight excluding hydrogens is 267 g/mol. The zero-order valence-corrected chi connectivity index (χ0v) is 10.5. The maximum absolute atomic E-state index is 13.1. The van der Waals surface area contributed by atoms with Gasteiger partial charge >= 0.3 is 0 Å². The first kappa shape index (κ1) is 12.8. The van der Waals surface area contributed by atoms with Crippen molar-refractivity contribution in [2.24, 2.45) is 5.73 Å². The third-order valence-electron chi connectivity index (χ3n) is 2.70. The molecule has 1 aliphatic heterocycles. The smallest absolute Gasteiger partial charge is 0.244 e. The number of rotatable bonds is 2. The molecule has 4 nitrogen and oxygen atoms in total. The van der Waals surface area contributed by atoms with Crippen molar-refractivity contribution in [3.8, 4) is 0 Å². The summed E-state index contributed by atoms with van der Waals surface area (Å²) in [5.74, 6) is -0.628. The zero-order chi connectivity index (χ0) is 12.6. The van der Waals surface area contributed by atoms with Gasteiger partial charge in [0.1, 0.15) is 10.7 Å². The second kappa shape index (κ2) is 4.53. The number of halogens is 2. The van der Waals surface area contributed by atoms with Crippen LogP contribution in [0.2, 0.25) is 5.02 Å². The normalized spacial score (nSPS) is 21.9. The van der Waals surface area contributed by atoms with Gasteiger partial charge in [-0.1, -0.05) is 11.6 Å². The van der Waals surface area contributed by atoms with Crippen LogP contribution in [0.15, 0.2) is 23.1 Å². The van der Waals surface area contributed by atoms with Crippen LogP contribution in [0.3, 0.4) is 0 Å². The molecule has 1 aliphatic rings. The lowest BCUT2D eigenvalue weighted by atomic mass is 10.3. The second-order valence-corrected chi connectivity index (χ2v) is 6.30. The van der Waals surface area contributed by atoms with Gasteiger partial charge < -0.3 is 5.73 Å². The average molecular weight is 279 g/mol. The van der Waals surface area contributed by atoms with E-state index >= 15 is 0 Å². The summed E-state index contributed by atoms with van der Waals surface area (Å²) in [4.78, 5) is -0.201. The molecule has 1 aromatic rings. The highest BCUT2D eigenvalue weighted by Gasteiger charge is 2.32. The van der Waals surface area contributed by atoms with Crippen LogP contribution in [0.1, 0.15) is 6.42 Å². The van der Waals surface area contributed by atoms with Crippen LogP contribution in [-0.4, -0.2) is 31.9 Å². The second-order valence-electron chi connectivity index (χ2n) is 3.99. The fraction of sp³-hybridized carbons (Fsp3) is 0.400. The van der Waals surface area contributed by atoms with E-state index in [1.165, 1.54) is 10.4 Å². The van der Waals surface area contributed by atoms with Gasteiger partial charge in [0.2, 0.25) is 10.0 Å². The molecule has 1 aromatic carbocycles. The van der Waals surface area contributed by atoms with Crippen molar-refractivity contribution in [2.45, 2.75) is 17.4 Å². The molecule has 1 fully saturated rings. The van der Waals surface area contributed by atoms with Gasteiger partial charge in [0, 0.05) is 19.1 Å². The number of hydrogen-bond donors (Lipinski definition) is 1. The molecule has 1 atom stereocenters. The Morgan fingerprint density at radius 1 is 1.47 bits per heavy atom. The van der Waals surface area contributed by atoms with Gasteiger partial charge in [0.05, 0.1) is 5.02 Å². The fourth-order valence-corrected chi connectivity index (χ4v) is 3.78. The Bertz CT molecular complexity index is 535. The lowest BCUT2D eigenvalue weighted by Gasteiger charge is -2.16. The monoisotopic (exact) mass is 278 g/mol. The molecule has 2 rings (SSSR count). The Balaban J connectivity index is 2.41. The van der Waals surface area contributed by atoms with Crippen LogP contribution in [0.5, 0.6) is 0 Å².